The maximum absolute atomic E-state index is 6.00. The highest BCUT2D eigenvalue weighted by molar-refractivity contribution is 9.10. The number of hydrogen-bond acceptors (Lipinski definition) is 2. The summed E-state index contributed by atoms with van der Waals surface area (Å²) in [6, 6.07) is 14.6. The third-order valence-corrected chi connectivity index (χ3v) is 5.01. The van der Waals surface area contributed by atoms with Crippen LogP contribution >= 0.6 is 27.5 Å². The number of halogens is 2. The number of nitrogens with one attached hydrogen (secondary N) is 2. The Bertz CT molecular complexity index is 621. The van der Waals surface area contributed by atoms with Crippen LogP contribution < -0.4 is 10.6 Å². The Morgan fingerprint density at radius 1 is 1.18 bits per heavy atom. The monoisotopic (exact) mass is 378 g/mol. The van der Waals surface area contributed by atoms with Crippen LogP contribution in [0.15, 0.2) is 46.9 Å². The van der Waals surface area contributed by atoms with E-state index in [-0.39, 0.29) is 0 Å². The van der Waals surface area contributed by atoms with Gasteiger partial charge in [-0.2, -0.15) is 0 Å². The van der Waals surface area contributed by atoms with Crippen LogP contribution in [0.25, 0.3) is 11.1 Å². The zero-order valence-electron chi connectivity index (χ0n) is 12.4. The van der Waals surface area contributed by atoms with Gasteiger partial charge in [-0.25, -0.2) is 0 Å². The van der Waals surface area contributed by atoms with Crippen LogP contribution in [0.1, 0.15) is 12.0 Å². The van der Waals surface area contributed by atoms with E-state index in [0.29, 0.717) is 0 Å². The summed E-state index contributed by atoms with van der Waals surface area (Å²) < 4.78 is 1.03. The summed E-state index contributed by atoms with van der Waals surface area (Å²) in [7, 11) is 0. The molecule has 0 amide bonds. The van der Waals surface area contributed by atoms with Gasteiger partial charge in [0, 0.05) is 16.0 Å². The standard InChI is InChI=1S/C18H20BrClN2/c19-18-9-16(20)5-6-17(18)15-3-1-13(2-4-15)10-22-12-14-7-8-21-11-14/h1-6,9,14,21-22H,7-8,10-12H2. The smallest absolute Gasteiger partial charge is 0.0417 e. The summed E-state index contributed by atoms with van der Waals surface area (Å²) in [6.07, 6.45) is 1.29. The summed E-state index contributed by atoms with van der Waals surface area (Å²) in [4.78, 5) is 0. The molecular weight excluding hydrogens is 360 g/mol. The highest BCUT2D eigenvalue weighted by Gasteiger charge is 2.13. The van der Waals surface area contributed by atoms with Gasteiger partial charge in [0.05, 0.1) is 0 Å². The van der Waals surface area contributed by atoms with E-state index in [4.69, 9.17) is 11.6 Å². The van der Waals surface area contributed by atoms with Crippen LogP contribution in [0.3, 0.4) is 0 Å². The minimum absolute atomic E-state index is 0.748. The fourth-order valence-electron chi connectivity index (χ4n) is 2.84. The molecule has 2 aromatic carbocycles. The van der Waals surface area contributed by atoms with Gasteiger partial charge in [0.1, 0.15) is 0 Å². The van der Waals surface area contributed by atoms with E-state index in [2.05, 4.69) is 50.8 Å². The molecule has 2 aromatic rings. The summed E-state index contributed by atoms with van der Waals surface area (Å²) in [6.45, 7) is 4.34. The molecule has 1 fully saturated rings. The first-order valence-corrected chi connectivity index (χ1v) is 8.85. The van der Waals surface area contributed by atoms with E-state index in [1.54, 1.807) is 0 Å². The molecule has 1 unspecified atom stereocenters. The summed E-state index contributed by atoms with van der Waals surface area (Å²) in [5, 5.41) is 7.70. The summed E-state index contributed by atoms with van der Waals surface area (Å²) in [5.41, 5.74) is 3.69. The Hall–Kier alpha value is -0.870. The quantitative estimate of drug-likeness (QED) is 0.801. The first kappa shape index (κ1) is 16.0. The van der Waals surface area contributed by atoms with Crippen molar-refractivity contribution in [1.82, 2.24) is 10.6 Å². The average Bonchev–Trinajstić information content (AvgIpc) is 3.02. The Morgan fingerprint density at radius 3 is 2.68 bits per heavy atom. The van der Waals surface area contributed by atoms with Crippen LogP contribution in [0, 0.1) is 5.92 Å². The van der Waals surface area contributed by atoms with E-state index >= 15 is 0 Å². The predicted octanol–water partition coefficient (Wildman–Crippen LogP) is 4.47. The molecule has 4 heteroatoms. The molecule has 1 aliphatic rings. The molecule has 116 valence electrons. The van der Waals surface area contributed by atoms with Crippen molar-refractivity contribution in [2.45, 2.75) is 13.0 Å². The second kappa shape index (κ2) is 7.60. The Kier molecular flexibility index (Phi) is 5.53. The zero-order valence-corrected chi connectivity index (χ0v) is 14.8. The normalized spacial score (nSPS) is 17.8. The van der Waals surface area contributed by atoms with E-state index in [1.165, 1.54) is 23.1 Å². The molecular formula is C18H20BrClN2. The van der Waals surface area contributed by atoms with E-state index < -0.39 is 0 Å². The van der Waals surface area contributed by atoms with Crippen LogP contribution in [0.5, 0.6) is 0 Å². The lowest BCUT2D eigenvalue weighted by Gasteiger charge is -2.11. The first-order chi connectivity index (χ1) is 10.7. The second-order valence-corrected chi connectivity index (χ2v) is 7.10. The molecule has 1 saturated heterocycles. The van der Waals surface area contributed by atoms with Gasteiger partial charge in [-0.1, -0.05) is 57.9 Å². The van der Waals surface area contributed by atoms with E-state index in [1.807, 2.05) is 18.2 Å². The minimum Gasteiger partial charge on any atom is -0.316 e. The first-order valence-electron chi connectivity index (χ1n) is 7.68. The molecule has 0 saturated carbocycles. The minimum atomic E-state index is 0.748. The lowest BCUT2D eigenvalue weighted by atomic mass is 10.0. The van der Waals surface area contributed by atoms with E-state index in [9.17, 15) is 0 Å². The average molecular weight is 380 g/mol. The molecule has 0 bridgehead atoms. The molecule has 0 aromatic heterocycles. The largest absolute Gasteiger partial charge is 0.316 e. The predicted molar refractivity (Wildman–Crippen MR) is 97.3 cm³/mol. The van der Waals surface area contributed by atoms with Gasteiger partial charge in [0.2, 0.25) is 0 Å². The molecule has 2 nitrogen and oxygen atoms in total. The van der Waals surface area contributed by atoms with Crippen molar-refractivity contribution in [3.8, 4) is 11.1 Å². The SMILES string of the molecule is Clc1ccc(-c2ccc(CNCC3CCNC3)cc2)c(Br)c1. The molecule has 1 aliphatic heterocycles. The second-order valence-electron chi connectivity index (χ2n) is 5.81. The van der Waals surface area contributed by atoms with Crippen molar-refractivity contribution >= 4 is 27.5 Å². The van der Waals surface area contributed by atoms with Crippen molar-refractivity contribution in [3.63, 3.8) is 0 Å². The van der Waals surface area contributed by atoms with Crippen LogP contribution in [-0.2, 0) is 6.54 Å². The maximum Gasteiger partial charge on any atom is 0.0417 e. The van der Waals surface area contributed by atoms with Gasteiger partial charge in [0.15, 0.2) is 0 Å². The molecule has 0 spiro atoms. The fraction of sp³-hybridized carbons (Fsp3) is 0.333. The van der Waals surface area contributed by atoms with Gasteiger partial charge < -0.3 is 10.6 Å². The molecule has 1 atom stereocenters. The molecule has 0 aliphatic carbocycles. The van der Waals surface area contributed by atoms with E-state index in [0.717, 1.165) is 41.6 Å². The third kappa shape index (κ3) is 4.11. The Labute approximate surface area is 145 Å². The topological polar surface area (TPSA) is 24.1 Å². The zero-order chi connectivity index (χ0) is 15.4. The number of benzene rings is 2. The maximum atomic E-state index is 6.00. The van der Waals surface area contributed by atoms with Crippen molar-refractivity contribution < 1.29 is 0 Å². The molecule has 22 heavy (non-hydrogen) atoms. The number of rotatable bonds is 5. The van der Waals surface area contributed by atoms with Gasteiger partial charge in [-0.05, 0) is 60.8 Å². The van der Waals surface area contributed by atoms with Crippen LogP contribution in [-0.4, -0.2) is 19.6 Å². The molecule has 2 N–H and O–H groups in total. The Balaban J connectivity index is 1.59. The van der Waals surface area contributed by atoms with Crippen molar-refractivity contribution in [1.29, 1.82) is 0 Å². The van der Waals surface area contributed by atoms with Gasteiger partial charge in [-0.15, -0.1) is 0 Å². The summed E-state index contributed by atoms with van der Waals surface area (Å²) in [5.74, 6) is 0.782. The third-order valence-electron chi connectivity index (χ3n) is 4.12. The molecule has 3 rings (SSSR count). The highest BCUT2D eigenvalue weighted by atomic mass is 79.9. The summed E-state index contributed by atoms with van der Waals surface area (Å²) >= 11 is 9.58. The lowest BCUT2D eigenvalue weighted by molar-refractivity contribution is 0.513. The van der Waals surface area contributed by atoms with Crippen LogP contribution in [0.4, 0.5) is 0 Å². The van der Waals surface area contributed by atoms with Gasteiger partial charge >= 0.3 is 0 Å². The lowest BCUT2D eigenvalue weighted by Crippen LogP contribution is -2.23. The van der Waals surface area contributed by atoms with Gasteiger partial charge in [0.25, 0.3) is 0 Å². The Morgan fingerprint density at radius 2 is 2.00 bits per heavy atom. The molecule has 0 radical (unpaired) electrons. The van der Waals surface area contributed by atoms with Gasteiger partial charge in [-0.3, -0.25) is 0 Å². The number of hydrogen-bond donors (Lipinski definition) is 2. The van der Waals surface area contributed by atoms with Crippen LogP contribution in [0.2, 0.25) is 5.02 Å². The highest BCUT2D eigenvalue weighted by Crippen LogP contribution is 2.30. The van der Waals surface area contributed by atoms with Crippen molar-refractivity contribution in [3.05, 3.63) is 57.5 Å². The fourth-order valence-corrected chi connectivity index (χ4v) is 3.75. The van der Waals surface area contributed by atoms with Crippen molar-refractivity contribution in [2.75, 3.05) is 19.6 Å². The van der Waals surface area contributed by atoms with Crippen molar-refractivity contribution in [2.24, 2.45) is 5.92 Å². The molecule has 1 heterocycles.